The zero-order valence-corrected chi connectivity index (χ0v) is 26.0. The van der Waals surface area contributed by atoms with Crippen LogP contribution in [-0.4, -0.2) is 48.1 Å². The minimum absolute atomic E-state index is 0.395. The summed E-state index contributed by atoms with van der Waals surface area (Å²) < 4.78 is 26.4. The first kappa shape index (κ1) is 32.3. The molecule has 1 fully saturated rings. The van der Waals surface area contributed by atoms with E-state index in [0.29, 0.717) is 23.6 Å². The van der Waals surface area contributed by atoms with Crippen molar-refractivity contribution >= 4 is 46.4 Å². The number of benzene rings is 4. The van der Waals surface area contributed by atoms with Crippen LogP contribution in [0.3, 0.4) is 0 Å². The molecular formula is C35H37N2O7P. The highest BCUT2D eigenvalue weighted by molar-refractivity contribution is 7.74. The Balaban J connectivity index is 1.34. The number of ketones is 1. The van der Waals surface area contributed by atoms with E-state index in [9.17, 15) is 24.1 Å². The lowest BCUT2D eigenvalue weighted by Crippen LogP contribution is -2.57. The molecule has 1 aliphatic rings. The fraction of sp³-hybridized carbons (Fsp3) is 0.286. The second kappa shape index (κ2) is 14.3. The number of Topliss-reactive ketones (excluding diaryl/α,β-unsaturated/α-hetero) is 1. The maximum atomic E-state index is 14.2. The van der Waals surface area contributed by atoms with E-state index in [1.807, 2.05) is 42.5 Å². The Morgan fingerprint density at radius 3 is 2.13 bits per heavy atom. The number of nitrogens with one attached hydrogen (secondary N) is 2. The predicted octanol–water partition coefficient (Wildman–Crippen LogP) is 4.65. The predicted molar refractivity (Wildman–Crippen MR) is 173 cm³/mol. The summed E-state index contributed by atoms with van der Waals surface area (Å²) in [6, 6.07) is 28.7. The number of fused-ring (bicyclic) bond motifs is 1. The van der Waals surface area contributed by atoms with E-state index in [1.54, 1.807) is 67.6 Å². The SMILES string of the molecule is C[C@H](NC1(c2cccc3ccccc23)CCCCO1)C(=O)N[C@@H](CC(=O)O)C(=O)COP(=O)(c1ccccc1)c1ccccc1. The highest BCUT2D eigenvalue weighted by atomic mass is 31.2. The van der Waals surface area contributed by atoms with Crippen LogP contribution in [0.15, 0.2) is 103 Å². The third-order valence-corrected chi connectivity index (χ3v) is 10.5. The molecule has 10 heteroatoms. The first-order valence-electron chi connectivity index (χ1n) is 15.0. The van der Waals surface area contributed by atoms with Gasteiger partial charge >= 0.3 is 5.97 Å². The van der Waals surface area contributed by atoms with Gasteiger partial charge in [-0.3, -0.25) is 24.3 Å². The topological polar surface area (TPSA) is 131 Å². The molecule has 0 spiro atoms. The van der Waals surface area contributed by atoms with Crippen molar-refractivity contribution in [1.29, 1.82) is 0 Å². The Labute approximate surface area is 262 Å². The van der Waals surface area contributed by atoms with Gasteiger partial charge in [0.1, 0.15) is 18.4 Å². The first-order valence-corrected chi connectivity index (χ1v) is 16.6. The molecule has 4 aromatic carbocycles. The number of carbonyl (C=O) groups excluding carboxylic acids is 2. The largest absolute Gasteiger partial charge is 0.481 e. The molecule has 0 aromatic heterocycles. The van der Waals surface area contributed by atoms with Gasteiger partial charge in [0, 0.05) is 22.8 Å². The van der Waals surface area contributed by atoms with Crippen LogP contribution in [0, 0.1) is 0 Å². The molecule has 1 aliphatic heterocycles. The third kappa shape index (κ3) is 7.40. The van der Waals surface area contributed by atoms with Gasteiger partial charge in [-0.15, -0.1) is 0 Å². The van der Waals surface area contributed by atoms with Crippen LogP contribution >= 0.6 is 7.37 Å². The molecule has 45 heavy (non-hydrogen) atoms. The Morgan fingerprint density at radius 2 is 1.51 bits per heavy atom. The van der Waals surface area contributed by atoms with Crippen molar-refractivity contribution in [2.75, 3.05) is 13.2 Å². The summed E-state index contributed by atoms with van der Waals surface area (Å²) in [6.45, 7) is 1.49. The van der Waals surface area contributed by atoms with Crippen LogP contribution in [-0.2, 0) is 33.9 Å². The maximum Gasteiger partial charge on any atom is 0.305 e. The number of carboxylic acid groups (broad SMARTS) is 1. The summed E-state index contributed by atoms with van der Waals surface area (Å²) in [4.78, 5) is 38.7. The molecule has 9 nitrogen and oxygen atoms in total. The number of carboxylic acids is 1. The average Bonchev–Trinajstić information content (AvgIpc) is 3.07. The van der Waals surface area contributed by atoms with E-state index in [0.717, 1.165) is 29.2 Å². The van der Waals surface area contributed by atoms with E-state index < -0.39 is 55.9 Å². The summed E-state index contributed by atoms with van der Waals surface area (Å²) in [7, 11) is -3.70. The van der Waals surface area contributed by atoms with Gasteiger partial charge < -0.3 is 19.7 Å². The zero-order valence-electron chi connectivity index (χ0n) is 25.1. The summed E-state index contributed by atoms with van der Waals surface area (Å²) in [6.07, 6.45) is 1.73. The van der Waals surface area contributed by atoms with Crippen molar-refractivity contribution in [3.05, 3.63) is 109 Å². The zero-order chi connectivity index (χ0) is 31.9. The van der Waals surface area contributed by atoms with Gasteiger partial charge in [-0.25, -0.2) is 0 Å². The normalized spacial score (nSPS) is 18.2. The fourth-order valence-electron chi connectivity index (χ4n) is 5.71. The van der Waals surface area contributed by atoms with Crippen molar-refractivity contribution in [3.63, 3.8) is 0 Å². The van der Waals surface area contributed by atoms with Gasteiger partial charge in [-0.2, -0.15) is 0 Å². The molecule has 0 radical (unpaired) electrons. The van der Waals surface area contributed by atoms with E-state index in [1.165, 1.54) is 0 Å². The third-order valence-electron chi connectivity index (χ3n) is 8.00. The molecular weight excluding hydrogens is 591 g/mol. The standard InChI is InChI=1S/C35H37N2O7P/c1-25(37-35(21-10-11-22-43-35)30-20-12-14-26-13-8-9-19-29(26)30)34(41)36-31(23-33(39)40)32(38)24-44-45(42,27-15-4-2-5-16-27)28-17-6-3-7-18-28/h2-9,12-20,25,31,37H,10-11,21-24H2,1H3,(H,36,41)(H,39,40)/t25-,31-,35?/m0/s1. The number of hydrogen-bond donors (Lipinski definition) is 3. The van der Waals surface area contributed by atoms with Crippen LogP contribution < -0.4 is 21.2 Å². The molecule has 1 unspecified atom stereocenters. The van der Waals surface area contributed by atoms with Crippen LogP contribution in [0.1, 0.15) is 38.2 Å². The molecule has 0 aliphatic carbocycles. The Morgan fingerprint density at radius 1 is 0.889 bits per heavy atom. The van der Waals surface area contributed by atoms with E-state index >= 15 is 0 Å². The lowest BCUT2D eigenvalue weighted by Gasteiger charge is -2.41. The number of carbonyl (C=O) groups is 3. The van der Waals surface area contributed by atoms with Gasteiger partial charge in [0.25, 0.3) is 7.37 Å². The molecule has 1 amide bonds. The molecule has 3 N–H and O–H groups in total. The molecule has 1 saturated heterocycles. The second-order valence-corrected chi connectivity index (χ2v) is 13.5. The number of amides is 1. The van der Waals surface area contributed by atoms with Crippen molar-refractivity contribution < 1.29 is 33.3 Å². The molecule has 0 saturated carbocycles. The summed E-state index contributed by atoms with van der Waals surface area (Å²) in [5.74, 6) is -2.55. The number of rotatable bonds is 13. The van der Waals surface area contributed by atoms with E-state index in [4.69, 9.17) is 9.26 Å². The quantitative estimate of drug-likeness (QED) is 0.183. The smallest absolute Gasteiger partial charge is 0.305 e. The summed E-state index contributed by atoms with van der Waals surface area (Å²) in [5, 5.41) is 18.4. The van der Waals surface area contributed by atoms with Crippen molar-refractivity contribution in [1.82, 2.24) is 10.6 Å². The minimum Gasteiger partial charge on any atom is -0.481 e. The fourth-order valence-corrected chi connectivity index (χ4v) is 7.74. The van der Waals surface area contributed by atoms with E-state index in [-0.39, 0.29) is 0 Å². The molecule has 3 atom stereocenters. The molecule has 234 valence electrons. The molecule has 4 aromatic rings. The number of aliphatic carboxylic acids is 1. The first-order chi connectivity index (χ1) is 21.7. The number of hydrogen-bond acceptors (Lipinski definition) is 7. The van der Waals surface area contributed by atoms with Crippen molar-refractivity contribution in [3.8, 4) is 0 Å². The van der Waals surface area contributed by atoms with Gasteiger partial charge in [0.05, 0.1) is 12.5 Å². The highest BCUT2D eigenvalue weighted by Gasteiger charge is 2.39. The Hall–Kier alpha value is -4.14. The maximum absolute atomic E-state index is 14.2. The van der Waals surface area contributed by atoms with Gasteiger partial charge in [0.15, 0.2) is 5.78 Å². The second-order valence-electron chi connectivity index (χ2n) is 11.1. The lowest BCUT2D eigenvalue weighted by atomic mass is 9.89. The molecule has 1 heterocycles. The van der Waals surface area contributed by atoms with Gasteiger partial charge in [-0.1, -0.05) is 78.9 Å². The number of ether oxygens (including phenoxy) is 1. The average molecular weight is 629 g/mol. The van der Waals surface area contributed by atoms with E-state index in [2.05, 4.69) is 10.6 Å². The van der Waals surface area contributed by atoms with Crippen LogP contribution in [0.25, 0.3) is 10.8 Å². The summed E-state index contributed by atoms with van der Waals surface area (Å²) in [5.41, 5.74) is -0.0485. The van der Waals surface area contributed by atoms with Crippen LogP contribution in [0.2, 0.25) is 0 Å². The van der Waals surface area contributed by atoms with Crippen LogP contribution in [0.5, 0.6) is 0 Å². The monoisotopic (exact) mass is 628 g/mol. The van der Waals surface area contributed by atoms with Gasteiger partial charge in [0.2, 0.25) is 5.91 Å². The van der Waals surface area contributed by atoms with Crippen LogP contribution in [0.4, 0.5) is 0 Å². The van der Waals surface area contributed by atoms with Crippen molar-refractivity contribution in [2.24, 2.45) is 0 Å². The highest BCUT2D eigenvalue weighted by Crippen LogP contribution is 2.44. The lowest BCUT2D eigenvalue weighted by molar-refractivity contribution is -0.142. The minimum atomic E-state index is -3.70. The Bertz CT molecular complexity index is 1640. The Kier molecular flexibility index (Phi) is 10.3. The molecule has 0 bridgehead atoms. The van der Waals surface area contributed by atoms with Crippen molar-refractivity contribution in [2.45, 2.75) is 50.4 Å². The summed E-state index contributed by atoms with van der Waals surface area (Å²) >= 11 is 0. The molecule has 5 rings (SSSR count). The van der Waals surface area contributed by atoms with Gasteiger partial charge in [-0.05, 0) is 61.2 Å².